The number of anilines is 1. The molecule has 0 fully saturated rings. The van der Waals surface area contributed by atoms with Crippen molar-refractivity contribution in [3.8, 4) is 16.9 Å². The van der Waals surface area contributed by atoms with Crippen LogP contribution in [-0.2, 0) is 0 Å². The highest BCUT2D eigenvalue weighted by molar-refractivity contribution is 7.17. The van der Waals surface area contributed by atoms with Crippen molar-refractivity contribution in [2.24, 2.45) is 0 Å². The predicted octanol–water partition coefficient (Wildman–Crippen LogP) is 3.18. The molecule has 132 valence electrons. The number of carbonyl (C=O) groups excluding carboxylic acids is 1. The van der Waals surface area contributed by atoms with E-state index in [1.54, 1.807) is 13.8 Å². The second-order valence-electron chi connectivity index (χ2n) is 5.16. The van der Waals surface area contributed by atoms with Crippen LogP contribution in [0, 0.1) is 17.1 Å². The zero-order valence-electron chi connectivity index (χ0n) is 13.7. The fourth-order valence-electron chi connectivity index (χ4n) is 2.00. The fourth-order valence-corrected chi connectivity index (χ4v) is 2.67. The Balaban J connectivity index is 2.05. The molecule has 0 aliphatic carbocycles. The first kappa shape index (κ1) is 18.6. The van der Waals surface area contributed by atoms with Gasteiger partial charge in [0.1, 0.15) is 17.6 Å². The number of nitrogens with one attached hydrogen (secondary N) is 1. The van der Waals surface area contributed by atoms with Crippen molar-refractivity contribution in [1.82, 2.24) is 9.88 Å². The summed E-state index contributed by atoms with van der Waals surface area (Å²) in [6.07, 6.45) is 0.763. The predicted molar refractivity (Wildman–Crippen MR) is 91.2 cm³/mol. The molecule has 2 aromatic rings. The second-order valence-corrected chi connectivity index (χ2v) is 6.15. The lowest BCUT2D eigenvalue weighted by atomic mass is 10.2. The minimum Gasteiger partial charge on any atom is -0.444 e. The number of amides is 2. The van der Waals surface area contributed by atoms with Crippen molar-refractivity contribution in [1.29, 1.82) is 5.26 Å². The van der Waals surface area contributed by atoms with Crippen molar-refractivity contribution in [3.05, 3.63) is 35.8 Å². The van der Waals surface area contributed by atoms with Crippen LogP contribution in [0.1, 0.15) is 19.4 Å². The van der Waals surface area contributed by atoms with Gasteiger partial charge >= 0.3 is 6.03 Å². The molecule has 0 aliphatic heterocycles. The highest BCUT2D eigenvalue weighted by Gasteiger charge is 2.16. The molecule has 0 saturated carbocycles. The molecule has 0 spiro atoms. The first-order chi connectivity index (χ1) is 11.9. The number of urea groups is 1. The topological polar surface area (TPSA) is 98.5 Å². The molecule has 7 nitrogen and oxygen atoms in total. The molecule has 1 aromatic carbocycles. The van der Waals surface area contributed by atoms with E-state index in [0.717, 1.165) is 17.4 Å². The minimum atomic E-state index is -0.635. The Morgan fingerprint density at radius 3 is 3.00 bits per heavy atom. The average Bonchev–Trinajstić information content (AvgIpc) is 3.00. The van der Waals surface area contributed by atoms with Gasteiger partial charge < -0.3 is 14.7 Å². The smallest absolute Gasteiger partial charge is 0.323 e. The van der Waals surface area contributed by atoms with Crippen LogP contribution in [0.15, 0.2) is 24.4 Å². The normalized spacial score (nSPS) is 11.5. The molecular formula is C16H17FN4O3S. The second kappa shape index (κ2) is 8.41. The standard InChI is InChI=1S/C16H17FN4O3S/c1-3-21(9-10(2)22)16(23)20-15-19-8-14(25-15)24-13-5-4-12(17)6-11(13)7-18/h4-6,8,10,22H,3,9H2,1-2H3,(H,19,20,23)/t10-/m0/s1. The Morgan fingerprint density at radius 2 is 2.36 bits per heavy atom. The van der Waals surface area contributed by atoms with Crippen LogP contribution in [0.25, 0.3) is 0 Å². The van der Waals surface area contributed by atoms with Crippen LogP contribution in [0.4, 0.5) is 14.3 Å². The quantitative estimate of drug-likeness (QED) is 0.820. The summed E-state index contributed by atoms with van der Waals surface area (Å²) < 4.78 is 18.7. The minimum absolute atomic E-state index is 0.0630. The highest BCUT2D eigenvalue weighted by atomic mass is 32.1. The van der Waals surface area contributed by atoms with Crippen LogP contribution in [-0.4, -0.2) is 40.2 Å². The highest BCUT2D eigenvalue weighted by Crippen LogP contribution is 2.32. The number of nitriles is 1. The van der Waals surface area contributed by atoms with Gasteiger partial charge in [0, 0.05) is 13.1 Å². The number of benzene rings is 1. The number of aliphatic hydroxyl groups excluding tert-OH is 1. The lowest BCUT2D eigenvalue weighted by Gasteiger charge is -2.21. The molecular weight excluding hydrogens is 347 g/mol. The van der Waals surface area contributed by atoms with Gasteiger partial charge in [-0.05, 0) is 32.0 Å². The molecule has 0 saturated heterocycles. The molecule has 9 heteroatoms. The third kappa shape index (κ3) is 5.14. The number of halogens is 1. The Labute approximate surface area is 148 Å². The number of hydrogen-bond donors (Lipinski definition) is 2. The zero-order valence-corrected chi connectivity index (χ0v) is 14.5. The lowest BCUT2D eigenvalue weighted by Crippen LogP contribution is -2.39. The molecule has 1 aromatic heterocycles. The van der Waals surface area contributed by atoms with Crippen LogP contribution in [0.5, 0.6) is 10.8 Å². The summed E-state index contributed by atoms with van der Waals surface area (Å²) >= 11 is 1.07. The number of likely N-dealkylation sites (N-methyl/N-ethyl adjacent to an activating group) is 1. The van der Waals surface area contributed by atoms with Gasteiger partial charge in [-0.2, -0.15) is 5.26 Å². The summed E-state index contributed by atoms with van der Waals surface area (Å²) in [4.78, 5) is 17.6. The maximum absolute atomic E-state index is 13.1. The maximum atomic E-state index is 13.1. The van der Waals surface area contributed by atoms with Crippen molar-refractivity contribution in [2.45, 2.75) is 20.0 Å². The number of rotatable bonds is 6. The maximum Gasteiger partial charge on any atom is 0.323 e. The van der Waals surface area contributed by atoms with Crippen LogP contribution in [0.3, 0.4) is 0 Å². The van der Waals surface area contributed by atoms with Crippen molar-refractivity contribution < 1.29 is 19.0 Å². The van der Waals surface area contributed by atoms with E-state index in [1.165, 1.54) is 23.2 Å². The van der Waals surface area contributed by atoms with E-state index in [-0.39, 0.29) is 23.9 Å². The number of hydrogen-bond acceptors (Lipinski definition) is 6. The number of carbonyl (C=O) groups is 1. The third-order valence-electron chi connectivity index (χ3n) is 3.12. The van der Waals surface area contributed by atoms with Gasteiger partial charge in [-0.25, -0.2) is 14.2 Å². The Hall–Kier alpha value is -2.70. The van der Waals surface area contributed by atoms with Crippen LogP contribution < -0.4 is 10.1 Å². The molecule has 0 aliphatic rings. The number of ether oxygens (including phenoxy) is 1. The first-order valence-corrected chi connectivity index (χ1v) is 8.32. The summed E-state index contributed by atoms with van der Waals surface area (Å²) in [5, 5.41) is 21.7. The van der Waals surface area contributed by atoms with Gasteiger partial charge in [0.25, 0.3) is 0 Å². The van der Waals surface area contributed by atoms with E-state index in [4.69, 9.17) is 10.00 Å². The first-order valence-electron chi connectivity index (χ1n) is 7.50. The molecule has 2 N–H and O–H groups in total. The molecule has 2 amide bonds. The number of aliphatic hydroxyl groups is 1. The number of thiazole rings is 1. The molecule has 2 rings (SSSR count). The van der Waals surface area contributed by atoms with Gasteiger partial charge in [-0.1, -0.05) is 11.3 Å². The Kier molecular flexibility index (Phi) is 6.27. The van der Waals surface area contributed by atoms with E-state index in [2.05, 4.69) is 10.3 Å². The van der Waals surface area contributed by atoms with E-state index >= 15 is 0 Å². The van der Waals surface area contributed by atoms with E-state index in [9.17, 15) is 14.3 Å². The Bertz CT molecular complexity index is 788. The number of aromatic nitrogens is 1. The van der Waals surface area contributed by atoms with Gasteiger partial charge in [-0.3, -0.25) is 5.32 Å². The molecule has 1 heterocycles. The van der Waals surface area contributed by atoms with E-state index < -0.39 is 11.9 Å². The molecule has 1 atom stereocenters. The molecule has 25 heavy (non-hydrogen) atoms. The summed E-state index contributed by atoms with van der Waals surface area (Å²) in [7, 11) is 0. The lowest BCUT2D eigenvalue weighted by molar-refractivity contribution is 0.141. The van der Waals surface area contributed by atoms with Crippen LogP contribution in [0.2, 0.25) is 0 Å². The van der Waals surface area contributed by atoms with Crippen molar-refractivity contribution in [3.63, 3.8) is 0 Å². The average molecular weight is 364 g/mol. The van der Waals surface area contributed by atoms with Gasteiger partial charge in [0.05, 0.1) is 17.9 Å². The molecule has 0 unspecified atom stereocenters. The van der Waals surface area contributed by atoms with E-state index in [0.29, 0.717) is 16.7 Å². The summed E-state index contributed by atoms with van der Waals surface area (Å²) in [5.41, 5.74) is 0.0630. The van der Waals surface area contributed by atoms with Crippen LogP contribution >= 0.6 is 11.3 Å². The SMILES string of the molecule is CCN(C[C@H](C)O)C(=O)Nc1ncc(Oc2ccc(F)cc2C#N)s1. The van der Waals surface area contributed by atoms with Gasteiger partial charge in [0.15, 0.2) is 5.13 Å². The largest absolute Gasteiger partial charge is 0.444 e. The van der Waals surface area contributed by atoms with Gasteiger partial charge in [0.2, 0.25) is 5.06 Å². The summed E-state index contributed by atoms with van der Waals surface area (Å²) in [5.74, 6) is -0.325. The van der Waals surface area contributed by atoms with Gasteiger partial charge in [-0.15, -0.1) is 0 Å². The molecule has 0 bridgehead atoms. The Morgan fingerprint density at radius 1 is 1.60 bits per heavy atom. The number of nitrogens with zero attached hydrogens (tertiary/aromatic N) is 3. The van der Waals surface area contributed by atoms with E-state index in [1.807, 2.05) is 6.07 Å². The zero-order chi connectivity index (χ0) is 18.4. The third-order valence-corrected chi connectivity index (χ3v) is 3.92. The fraction of sp³-hybridized carbons (Fsp3) is 0.312. The molecule has 0 radical (unpaired) electrons. The van der Waals surface area contributed by atoms with Crippen molar-refractivity contribution in [2.75, 3.05) is 18.4 Å². The summed E-state index contributed by atoms with van der Waals surface area (Å²) in [6.45, 7) is 4.04. The monoisotopic (exact) mass is 364 g/mol. The van der Waals surface area contributed by atoms with Crippen molar-refractivity contribution >= 4 is 22.5 Å². The summed E-state index contributed by atoms with van der Waals surface area (Å²) in [6, 6.07) is 5.09.